The van der Waals surface area contributed by atoms with Crippen molar-refractivity contribution >= 4 is 5.97 Å². The second-order valence-corrected chi connectivity index (χ2v) is 6.64. The summed E-state index contributed by atoms with van der Waals surface area (Å²) in [7, 11) is 0. The highest BCUT2D eigenvalue weighted by atomic mass is 16.4. The molecule has 0 spiro atoms. The molecule has 0 aliphatic heterocycles. The van der Waals surface area contributed by atoms with Gasteiger partial charge in [0.15, 0.2) is 0 Å². The van der Waals surface area contributed by atoms with E-state index in [-0.39, 0.29) is 11.8 Å². The van der Waals surface area contributed by atoms with Crippen LogP contribution in [0.5, 0.6) is 5.75 Å². The van der Waals surface area contributed by atoms with E-state index in [1.54, 1.807) is 6.07 Å². The maximum atomic E-state index is 10.6. The lowest BCUT2D eigenvalue weighted by molar-refractivity contribution is -0.137. The zero-order chi connectivity index (χ0) is 15.3. The van der Waals surface area contributed by atoms with Crippen LogP contribution >= 0.6 is 0 Å². The van der Waals surface area contributed by atoms with E-state index in [4.69, 9.17) is 5.11 Å². The van der Waals surface area contributed by atoms with Crippen molar-refractivity contribution < 1.29 is 15.0 Å². The van der Waals surface area contributed by atoms with Gasteiger partial charge in [-0.05, 0) is 47.8 Å². The molecule has 0 bridgehead atoms. The summed E-state index contributed by atoms with van der Waals surface area (Å²) in [4.78, 5) is 10.6. The molecule has 20 heavy (non-hydrogen) atoms. The van der Waals surface area contributed by atoms with Crippen molar-refractivity contribution in [3.05, 3.63) is 29.3 Å². The monoisotopic (exact) mass is 278 g/mol. The van der Waals surface area contributed by atoms with Crippen LogP contribution in [0.2, 0.25) is 0 Å². The predicted molar refractivity (Wildman–Crippen MR) is 81.2 cm³/mol. The summed E-state index contributed by atoms with van der Waals surface area (Å²) >= 11 is 0. The molecule has 0 heterocycles. The van der Waals surface area contributed by atoms with E-state index in [9.17, 15) is 9.90 Å². The fraction of sp³-hybridized carbons (Fsp3) is 0.588. The fourth-order valence-electron chi connectivity index (χ4n) is 2.54. The van der Waals surface area contributed by atoms with E-state index >= 15 is 0 Å². The SMILES string of the molecule is CC(C)c1cc(CC(C)(C)CCCC(=O)O)ccc1O. The first-order valence-corrected chi connectivity index (χ1v) is 7.25. The minimum atomic E-state index is -0.729. The van der Waals surface area contributed by atoms with Crippen LogP contribution in [0.25, 0.3) is 0 Å². The van der Waals surface area contributed by atoms with Crippen molar-refractivity contribution in [3.63, 3.8) is 0 Å². The van der Waals surface area contributed by atoms with E-state index in [1.165, 1.54) is 5.56 Å². The van der Waals surface area contributed by atoms with Gasteiger partial charge in [0.1, 0.15) is 5.75 Å². The van der Waals surface area contributed by atoms with Crippen molar-refractivity contribution in [2.75, 3.05) is 0 Å². The quantitative estimate of drug-likeness (QED) is 0.780. The standard InChI is InChI=1S/C17H26O3/c1-12(2)14-10-13(7-8-15(14)18)11-17(3,4)9-5-6-16(19)20/h7-8,10,12,18H,5-6,9,11H2,1-4H3,(H,19,20). The Bertz CT molecular complexity index is 461. The number of rotatable bonds is 7. The van der Waals surface area contributed by atoms with Gasteiger partial charge in [0, 0.05) is 6.42 Å². The van der Waals surface area contributed by atoms with Gasteiger partial charge in [-0.1, -0.05) is 39.8 Å². The number of carboxylic acids is 1. The topological polar surface area (TPSA) is 57.5 Å². The number of carbonyl (C=O) groups is 1. The van der Waals surface area contributed by atoms with Gasteiger partial charge in [0.05, 0.1) is 0 Å². The van der Waals surface area contributed by atoms with Crippen LogP contribution in [0.3, 0.4) is 0 Å². The predicted octanol–water partition coefficient (Wildman–Crippen LogP) is 4.34. The van der Waals surface area contributed by atoms with Gasteiger partial charge in [-0.2, -0.15) is 0 Å². The molecule has 0 atom stereocenters. The van der Waals surface area contributed by atoms with Crippen LogP contribution < -0.4 is 0 Å². The first-order valence-electron chi connectivity index (χ1n) is 7.25. The molecule has 0 amide bonds. The Morgan fingerprint density at radius 2 is 1.95 bits per heavy atom. The lowest BCUT2D eigenvalue weighted by atomic mass is 9.80. The number of aliphatic carboxylic acids is 1. The van der Waals surface area contributed by atoms with Gasteiger partial charge >= 0.3 is 5.97 Å². The van der Waals surface area contributed by atoms with E-state index < -0.39 is 5.97 Å². The van der Waals surface area contributed by atoms with Crippen LogP contribution in [-0.4, -0.2) is 16.2 Å². The molecule has 0 unspecified atom stereocenters. The minimum absolute atomic E-state index is 0.0701. The third-order valence-corrected chi connectivity index (χ3v) is 3.64. The van der Waals surface area contributed by atoms with Crippen LogP contribution in [0, 0.1) is 5.41 Å². The first kappa shape index (κ1) is 16.5. The molecule has 0 aliphatic carbocycles. The molecule has 0 saturated carbocycles. The van der Waals surface area contributed by atoms with E-state index in [1.807, 2.05) is 6.07 Å². The molecule has 0 saturated heterocycles. The molecule has 1 aromatic carbocycles. The molecule has 1 aromatic rings. The number of aromatic hydroxyl groups is 1. The first-order chi connectivity index (χ1) is 9.21. The number of hydrogen-bond donors (Lipinski definition) is 2. The van der Waals surface area contributed by atoms with Crippen LogP contribution in [0.4, 0.5) is 0 Å². The summed E-state index contributed by atoms with van der Waals surface area (Å²) in [6, 6.07) is 5.79. The third kappa shape index (κ3) is 5.24. The van der Waals surface area contributed by atoms with Gasteiger partial charge in [0.2, 0.25) is 0 Å². The van der Waals surface area contributed by atoms with Crippen molar-refractivity contribution in [2.45, 2.75) is 59.3 Å². The van der Waals surface area contributed by atoms with Crippen molar-refractivity contribution in [1.82, 2.24) is 0 Å². The second-order valence-electron chi connectivity index (χ2n) is 6.64. The summed E-state index contributed by atoms with van der Waals surface area (Å²) in [5.41, 5.74) is 2.25. The Kier molecular flexibility index (Phi) is 5.61. The van der Waals surface area contributed by atoms with Gasteiger partial charge < -0.3 is 10.2 Å². The van der Waals surface area contributed by atoms with E-state index in [2.05, 4.69) is 33.8 Å². The Labute approximate surface area is 121 Å². The van der Waals surface area contributed by atoms with Gasteiger partial charge in [-0.3, -0.25) is 4.79 Å². The summed E-state index contributed by atoms with van der Waals surface area (Å²) < 4.78 is 0. The van der Waals surface area contributed by atoms with Crippen LogP contribution in [-0.2, 0) is 11.2 Å². The number of carboxylic acid groups (broad SMARTS) is 1. The number of benzene rings is 1. The lowest BCUT2D eigenvalue weighted by Crippen LogP contribution is -2.15. The molecule has 0 aromatic heterocycles. The third-order valence-electron chi connectivity index (χ3n) is 3.64. The molecule has 3 nitrogen and oxygen atoms in total. The van der Waals surface area contributed by atoms with Crippen LogP contribution in [0.1, 0.15) is 64.0 Å². The Hall–Kier alpha value is -1.51. The Balaban J connectivity index is 2.71. The van der Waals surface area contributed by atoms with Gasteiger partial charge in [-0.15, -0.1) is 0 Å². The number of hydrogen-bond acceptors (Lipinski definition) is 2. The maximum Gasteiger partial charge on any atom is 0.303 e. The zero-order valence-corrected chi connectivity index (χ0v) is 12.9. The molecule has 0 fully saturated rings. The van der Waals surface area contributed by atoms with Crippen molar-refractivity contribution in [3.8, 4) is 5.75 Å². The fourth-order valence-corrected chi connectivity index (χ4v) is 2.54. The van der Waals surface area contributed by atoms with Gasteiger partial charge in [0.25, 0.3) is 0 Å². The molecule has 2 N–H and O–H groups in total. The number of phenols is 1. The van der Waals surface area contributed by atoms with Gasteiger partial charge in [-0.25, -0.2) is 0 Å². The largest absolute Gasteiger partial charge is 0.508 e. The molecule has 3 heteroatoms. The normalized spacial score (nSPS) is 11.8. The molecular formula is C17H26O3. The maximum absolute atomic E-state index is 10.6. The minimum Gasteiger partial charge on any atom is -0.508 e. The smallest absolute Gasteiger partial charge is 0.303 e. The molecule has 0 aliphatic rings. The molecule has 1 rings (SSSR count). The Morgan fingerprint density at radius 1 is 1.30 bits per heavy atom. The Morgan fingerprint density at radius 3 is 2.50 bits per heavy atom. The zero-order valence-electron chi connectivity index (χ0n) is 12.9. The van der Waals surface area contributed by atoms with Crippen molar-refractivity contribution in [2.24, 2.45) is 5.41 Å². The summed E-state index contributed by atoms with van der Waals surface area (Å²) in [5, 5.41) is 18.5. The second kappa shape index (κ2) is 6.78. The average molecular weight is 278 g/mol. The average Bonchev–Trinajstić information content (AvgIpc) is 2.30. The highest BCUT2D eigenvalue weighted by molar-refractivity contribution is 5.66. The van der Waals surface area contributed by atoms with E-state index in [0.717, 1.165) is 18.4 Å². The van der Waals surface area contributed by atoms with Crippen LogP contribution in [0.15, 0.2) is 18.2 Å². The number of phenolic OH excluding ortho intramolecular Hbond substituents is 1. The molecule has 112 valence electrons. The highest BCUT2D eigenvalue weighted by Gasteiger charge is 2.19. The molecule has 0 radical (unpaired) electrons. The van der Waals surface area contributed by atoms with E-state index in [0.29, 0.717) is 18.1 Å². The van der Waals surface area contributed by atoms with Crippen molar-refractivity contribution in [1.29, 1.82) is 0 Å². The highest BCUT2D eigenvalue weighted by Crippen LogP contribution is 2.32. The lowest BCUT2D eigenvalue weighted by Gasteiger charge is -2.25. The molecular weight excluding hydrogens is 252 g/mol. The summed E-state index contributed by atoms with van der Waals surface area (Å²) in [6.45, 7) is 8.46. The summed E-state index contributed by atoms with van der Waals surface area (Å²) in [6.07, 6.45) is 2.72. The summed E-state index contributed by atoms with van der Waals surface area (Å²) in [5.74, 6) is -0.0787.